The summed E-state index contributed by atoms with van der Waals surface area (Å²) in [5, 5.41) is 12.7. The Kier molecular flexibility index (Phi) is 5.09. The van der Waals surface area contributed by atoms with Crippen molar-refractivity contribution in [2.24, 2.45) is 5.41 Å². The summed E-state index contributed by atoms with van der Waals surface area (Å²) in [6, 6.07) is 6.68. The number of benzene rings is 1. The molecule has 0 aromatic heterocycles. The first kappa shape index (κ1) is 14.1. The summed E-state index contributed by atoms with van der Waals surface area (Å²) < 4.78 is 12.8. The molecule has 0 bridgehead atoms. The standard InChI is InChI=1S/C14H22FNO/c1-4-14(3,10-17)9-16-11(2)12-5-7-13(15)8-6-12/h5-8,11,16-17H,4,9-10H2,1-3H3. The van der Waals surface area contributed by atoms with Crippen LogP contribution in [0.3, 0.4) is 0 Å². The van der Waals surface area contributed by atoms with Crippen molar-refractivity contribution < 1.29 is 9.50 Å². The van der Waals surface area contributed by atoms with Crippen LogP contribution < -0.4 is 5.32 Å². The van der Waals surface area contributed by atoms with Gasteiger partial charge in [0.1, 0.15) is 5.82 Å². The molecule has 0 radical (unpaired) electrons. The lowest BCUT2D eigenvalue weighted by Crippen LogP contribution is -2.35. The van der Waals surface area contributed by atoms with E-state index in [0.29, 0.717) is 0 Å². The highest BCUT2D eigenvalue weighted by Gasteiger charge is 2.21. The van der Waals surface area contributed by atoms with E-state index in [2.05, 4.69) is 19.2 Å². The van der Waals surface area contributed by atoms with Crippen LogP contribution in [0.4, 0.5) is 4.39 Å². The predicted octanol–water partition coefficient (Wildman–Crippen LogP) is 2.88. The summed E-state index contributed by atoms with van der Waals surface area (Å²) in [6.07, 6.45) is 0.923. The molecule has 1 aromatic rings. The Morgan fingerprint density at radius 3 is 2.41 bits per heavy atom. The Labute approximate surface area is 103 Å². The Morgan fingerprint density at radius 2 is 1.94 bits per heavy atom. The molecule has 0 fully saturated rings. The average Bonchev–Trinajstić information content (AvgIpc) is 2.36. The molecule has 0 spiro atoms. The molecule has 3 heteroatoms. The van der Waals surface area contributed by atoms with Crippen molar-refractivity contribution in [2.45, 2.75) is 33.2 Å². The van der Waals surface area contributed by atoms with E-state index < -0.39 is 0 Å². The van der Waals surface area contributed by atoms with Crippen LogP contribution in [0.2, 0.25) is 0 Å². The molecule has 0 saturated carbocycles. The van der Waals surface area contributed by atoms with Crippen molar-refractivity contribution in [3.8, 4) is 0 Å². The first-order chi connectivity index (χ1) is 8.00. The number of nitrogens with one attached hydrogen (secondary N) is 1. The van der Waals surface area contributed by atoms with Gasteiger partial charge in [0, 0.05) is 24.6 Å². The van der Waals surface area contributed by atoms with Crippen LogP contribution >= 0.6 is 0 Å². The largest absolute Gasteiger partial charge is 0.396 e. The van der Waals surface area contributed by atoms with Crippen LogP contribution in [0.5, 0.6) is 0 Å². The van der Waals surface area contributed by atoms with Gasteiger partial charge in [0.05, 0.1) is 0 Å². The van der Waals surface area contributed by atoms with E-state index in [1.807, 2.05) is 6.92 Å². The lowest BCUT2D eigenvalue weighted by Gasteiger charge is -2.28. The van der Waals surface area contributed by atoms with E-state index >= 15 is 0 Å². The van der Waals surface area contributed by atoms with E-state index in [9.17, 15) is 9.50 Å². The summed E-state index contributed by atoms with van der Waals surface area (Å²) in [5.41, 5.74) is 0.969. The van der Waals surface area contributed by atoms with Crippen LogP contribution in [0.15, 0.2) is 24.3 Å². The SMILES string of the molecule is CCC(C)(CO)CNC(C)c1ccc(F)cc1. The van der Waals surface area contributed by atoms with Gasteiger partial charge >= 0.3 is 0 Å². The molecule has 17 heavy (non-hydrogen) atoms. The molecule has 0 heterocycles. The Hall–Kier alpha value is -0.930. The van der Waals surface area contributed by atoms with Gasteiger partial charge in [-0.2, -0.15) is 0 Å². The number of aliphatic hydroxyl groups is 1. The van der Waals surface area contributed by atoms with Gasteiger partial charge in [0.25, 0.3) is 0 Å². The Morgan fingerprint density at radius 1 is 1.35 bits per heavy atom. The maximum absolute atomic E-state index is 12.8. The van der Waals surface area contributed by atoms with Gasteiger partial charge in [-0.3, -0.25) is 0 Å². The molecule has 2 N–H and O–H groups in total. The lowest BCUT2D eigenvalue weighted by atomic mass is 9.88. The second-order valence-electron chi connectivity index (χ2n) is 4.98. The van der Waals surface area contributed by atoms with Gasteiger partial charge in [-0.15, -0.1) is 0 Å². The quantitative estimate of drug-likeness (QED) is 0.800. The van der Waals surface area contributed by atoms with Crippen molar-refractivity contribution in [3.05, 3.63) is 35.6 Å². The van der Waals surface area contributed by atoms with E-state index in [0.717, 1.165) is 18.5 Å². The second kappa shape index (κ2) is 6.12. The fraction of sp³-hybridized carbons (Fsp3) is 0.571. The van der Waals surface area contributed by atoms with E-state index in [1.165, 1.54) is 12.1 Å². The topological polar surface area (TPSA) is 32.3 Å². The van der Waals surface area contributed by atoms with Crippen LogP contribution in [0, 0.1) is 11.2 Å². The van der Waals surface area contributed by atoms with Crippen molar-refractivity contribution in [3.63, 3.8) is 0 Å². The highest BCUT2D eigenvalue weighted by Crippen LogP contribution is 2.21. The normalized spacial score (nSPS) is 16.5. The molecule has 1 rings (SSSR count). The molecule has 0 aliphatic rings. The van der Waals surface area contributed by atoms with Gasteiger partial charge in [0.2, 0.25) is 0 Å². The van der Waals surface area contributed by atoms with E-state index in [-0.39, 0.29) is 23.9 Å². The Balaban J connectivity index is 2.55. The van der Waals surface area contributed by atoms with Crippen LogP contribution in [-0.4, -0.2) is 18.3 Å². The monoisotopic (exact) mass is 239 g/mol. The molecule has 2 atom stereocenters. The molecule has 0 aliphatic carbocycles. The second-order valence-corrected chi connectivity index (χ2v) is 4.98. The van der Waals surface area contributed by atoms with Crippen molar-refractivity contribution in [1.82, 2.24) is 5.32 Å². The zero-order valence-electron chi connectivity index (χ0n) is 10.8. The van der Waals surface area contributed by atoms with Gasteiger partial charge < -0.3 is 10.4 Å². The Bertz CT molecular complexity index is 333. The molecule has 1 aromatic carbocycles. The third kappa shape index (κ3) is 4.10. The number of rotatable bonds is 6. The van der Waals surface area contributed by atoms with Crippen molar-refractivity contribution in [2.75, 3.05) is 13.2 Å². The van der Waals surface area contributed by atoms with Crippen molar-refractivity contribution >= 4 is 0 Å². The fourth-order valence-electron chi connectivity index (χ4n) is 1.56. The minimum atomic E-state index is -0.213. The molecule has 0 saturated heterocycles. The molecular weight excluding hydrogens is 217 g/mol. The highest BCUT2D eigenvalue weighted by atomic mass is 19.1. The molecule has 2 unspecified atom stereocenters. The summed E-state index contributed by atoms with van der Waals surface area (Å²) in [7, 11) is 0. The molecule has 0 amide bonds. The van der Waals surface area contributed by atoms with Crippen LogP contribution in [0.1, 0.15) is 38.8 Å². The summed E-state index contributed by atoms with van der Waals surface area (Å²) in [6.45, 7) is 7.09. The number of hydrogen-bond acceptors (Lipinski definition) is 2. The molecule has 96 valence electrons. The van der Waals surface area contributed by atoms with Gasteiger partial charge in [0.15, 0.2) is 0 Å². The smallest absolute Gasteiger partial charge is 0.123 e. The minimum Gasteiger partial charge on any atom is -0.396 e. The highest BCUT2D eigenvalue weighted by molar-refractivity contribution is 5.19. The zero-order valence-corrected chi connectivity index (χ0v) is 10.8. The number of halogens is 1. The fourth-order valence-corrected chi connectivity index (χ4v) is 1.56. The zero-order chi connectivity index (χ0) is 12.9. The molecule has 0 aliphatic heterocycles. The third-order valence-corrected chi connectivity index (χ3v) is 3.44. The summed E-state index contributed by atoms with van der Waals surface area (Å²) >= 11 is 0. The predicted molar refractivity (Wildman–Crippen MR) is 68.3 cm³/mol. The summed E-state index contributed by atoms with van der Waals surface area (Å²) in [4.78, 5) is 0. The third-order valence-electron chi connectivity index (χ3n) is 3.44. The summed E-state index contributed by atoms with van der Waals surface area (Å²) in [5.74, 6) is -0.213. The molecule has 2 nitrogen and oxygen atoms in total. The first-order valence-electron chi connectivity index (χ1n) is 6.10. The van der Waals surface area contributed by atoms with Gasteiger partial charge in [-0.1, -0.05) is 26.0 Å². The number of aliphatic hydroxyl groups excluding tert-OH is 1. The average molecular weight is 239 g/mol. The van der Waals surface area contributed by atoms with Crippen LogP contribution in [0.25, 0.3) is 0 Å². The van der Waals surface area contributed by atoms with Crippen molar-refractivity contribution in [1.29, 1.82) is 0 Å². The lowest BCUT2D eigenvalue weighted by molar-refractivity contribution is 0.132. The maximum atomic E-state index is 12.8. The van der Waals surface area contributed by atoms with E-state index in [4.69, 9.17) is 0 Å². The maximum Gasteiger partial charge on any atom is 0.123 e. The minimum absolute atomic E-state index is 0.0890. The number of hydrogen-bond donors (Lipinski definition) is 2. The van der Waals surface area contributed by atoms with Gasteiger partial charge in [-0.05, 0) is 31.0 Å². The van der Waals surface area contributed by atoms with Crippen LogP contribution in [-0.2, 0) is 0 Å². The van der Waals surface area contributed by atoms with Gasteiger partial charge in [-0.25, -0.2) is 4.39 Å². The van der Waals surface area contributed by atoms with E-state index in [1.54, 1.807) is 12.1 Å². The molecular formula is C14H22FNO. The first-order valence-corrected chi connectivity index (χ1v) is 6.10.